The van der Waals surface area contributed by atoms with E-state index < -0.39 is 0 Å². The zero-order chi connectivity index (χ0) is 11.2. The van der Waals surface area contributed by atoms with Gasteiger partial charge >= 0.3 is 0 Å². The molecule has 1 N–H and O–H groups in total. The van der Waals surface area contributed by atoms with Gasteiger partial charge in [-0.25, -0.2) is 0 Å². The maximum atomic E-state index is 4.09. The number of aryl methyl sites for hydroxylation is 1. The standard InChI is InChI=1S/C14H16N2/c1-12-4-6-14(7-5-12)16-10-8-13-3-2-9-15-11-13/h2-7,9,11,16H,8,10H2,1H3. The Balaban J connectivity index is 1.82. The molecular weight excluding hydrogens is 196 g/mol. The zero-order valence-corrected chi connectivity index (χ0v) is 9.48. The molecule has 0 aliphatic carbocycles. The minimum atomic E-state index is 0.939. The number of rotatable bonds is 4. The Morgan fingerprint density at radius 2 is 1.94 bits per heavy atom. The molecule has 2 heteroatoms. The van der Waals surface area contributed by atoms with Crippen molar-refractivity contribution in [1.82, 2.24) is 4.98 Å². The highest BCUT2D eigenvalue weighted by Gasteiger charge is 1.93. The first-order chi connectivity index (χ1) is 7.84. The molecule has 0 saturated heterocycles. The fourth-order valence-corrected chi connectivity index (χ4v) is 1.57. The van der Waals surface area contributed by atoms with Crippen molar-refractivity contribution in [2.45, 2.75) is 13.3 Å². The van der Waals surface area contributed by atoms with E-state index in [0.29, 0.717) is 0 Å². The van der Waals surface area contributed by atoms with Gasteiger partial charge in [0, 0.05) is 24.6 Å². The Bertz CT molecular complexity index is 420. The molecule has 0 aliphatic rings. The van der Waals surface area contributed by atoms with Gasteiger partial charge in [0.1, 0.15) is 0 Å². The highest BCUT2D eigenvalue weighted by atomic mass is 14.9. The average Bonchev–Trinajstić information content (AvgIpc) is 2.33. The Morgan fingerprint density at radius 3 is 2.62 bits per heavy atom. The van der Waals surface area contributed by atoms with Crippen molar-refractivity contribution in [3.63, 3.8) is 0 Å². The van der Waals surface area contributed by atoms with Crippen LogP contribution in [-0.2, 0) is 6.42 Å². The number of nitrogens with zero attached hydrogens (tertiary/aromatic N) is 1. The normalized spacial score (nSPS) is 10.1. The Labute approximate surface area is 96.4 Å². The third-order valence-electron chi connectivity index (χ3n) is 2.52. The van der Waals surface area contributed by atoms with E-state index in [1.165, 1.54) is 16.8 Å². The van der Waals surface area contributed by atoms with Gasteiger partial charge in [-0.05, 0) is 37.1 Å². The smallest absolute Gasteiger partial charge is 0.0340 e. The van der Waals surface area contributed by atoms with E-state index in [4.69, 9.17) is 0 Å². The molecule has 2 aromatic rings. The second-order valence-electron chi connectivity index (χ2n) is 3.90. The highest BCUT2D eigenvalue weighted by Crippen LogP contribution is 2.08. The summed E-state index contributed by atoms with van der Waals surface area (Å²) in [6, 6.07) is 12.5. The molecule has 0 fully saturated rings. The summed E-state index contributed by atoms with van der Waals surface area (Å²) in [5, 5.41) is 3.39. The Kier molecular flexibility index (Phi) is 3.54. The fraction of sp³-hybridized carbons (Fsp3) is 0.214. The van der Waals surface area contributed by atoms with Crippen LogP contribution in [0.3, 0.4) is 0 Å². The number of benzene rings is 1. The maximum absolute atomic E-state index is 4.09. The lowest BCUT2D eigenvalue weighted by Gasteiger charge is -2.06. The number of aromatic nitrogens is 1. The van der Waals surface area contributed by atoms with Crippen LogP contribution >= 0.6 is 0 Å². The second kappa shape index (κ2) is 5.31. The summed E-state index contributed by atoms with van der Waals surface area (Å²) in [6.07, 6.45) is 4.72. The molecule has 1 heterocycles. The van der Waals surface area contributed by atoms with E-state index >= 15 is 0 Å². The Morgan fingerprint density at radius 1 is 1.12 bits per heavy atom. The van der Waals surface area contributed by atoms with Crippen molar-refractivity contribution in [2.24, 2.45) is 0 Å². The Hall–Kier alpha value is -1.83. The number of hydrogen-bond donors (Lipinski definition) is 1. The first-order valence-electron chi connectivity index (χ1n) is 5.54. The summed E-state index contributed by atoms with van der Waals surface area (Å²) >= 11 is 0. The van der Waals surface area contributed by atoms with Crippen molar-refractivity contribution >= 4 is 5.69 Å². The molecule has 0 saturated carbocycles. The second-order valence-corrected chi connectivity index (χ2v) is 3.90. The molecule has 0 aliphatic heterocycles. The van der Waals surface area contributed by atoms with Gasteiger partial charge in [0.2, 0.25) is 0 Å². The van der Waals surface area contributed by atoms with E-state index in [-0.39, 0.29) is 0 Å². The molecule has 0 spiro atoms. The van der Waals surface area contributed by atoms with E-state index in [0.717, 1.165) is 13.0 Å². The minimum absolute atomic E-state index is 0.939. The molecular formula is C14H16N2. The van der Waals surface area contributed by atoms with Crippen LogP contribution in [0.2, 0.25) is 0 Å². The molecule has 16 heavy (non-hydrogen) atoms. The topological polar surface area (TPSA) is 24.9 Å². The molecule has 1 aromatic carbocycles. The lowest BCUT2D eigenvalue weighted by atomic mass is 10.2. The summed E-state index contributed by atoms with van der Waals surface area (Å²) in [5.74, 6) is 0. The molecule has 82 valence electrons. The number of nitrogens with one attached hydrogen (secondary N) is 1. The number of pyridine rings is 1. The summed E-state index contributed by atoms with van der Waals surface area (Å²) in [5.41, 5.74) is 3.73. The molecule has 0 unspecified atom stereocenters. The van der Waals surface area contributed by atoms with Crippen LogP contribution in [0.15, 0.2) is 48.8 Å². The van der Waals surface area contributed by atoms with Gasteiger partial charge in [-0.1, -0.05) is 23.8 Å². The monoisotopic (exact) mass is 212 g/mol. The van der Waals surface area contributed by atoms with Crippen molar-refractivity contribution < 1.29 is 0 Å². The van der Waals surface area contributed by atoms with E-state index in [2.05, 4.69) is 47.6 Å². The molecule has 0 radical (unpaired) electrons. The molecule has 2 rings (SSSR count). The van der Waals surface area contributed by atoms with Gasteiger partial charge in [0.05, 0.1) is 0 Å². The van der Waals surface area contributed by atoms with E-state index in [1.807, 2.05) is 12.3 Å². The van der Waals surface area contributed by atoms with Crippen molar-refractivity contribution in [3.05, 3.63) is 59.9 Å². The quantitative estimate of drug-likeness (QED) is 0.842. The van der Waals surface area contributed by atoms with Crippen LogP contribution < -0.4 is 5.32 Å². The first-order valence-corrected chi connectivity index (χ1v) is 5.54. The molecule has 0 amide bonds. The third-order valence-corrected chi connectivity index (χ3v) is 2.52. The van der Waals surface area contributed by atoms with Gasteiger partial charge in [-0.3, -0.25) is 4.98 Å². The fourth-order valence-electron chi connectivity index (χ4n) is 1.57. The van der Waals surface area contributed by atoms with Crippen LogP contribution in [0, 0.1) is 6.92 Å². The zero-order valence-electron chi connectivity index (χ0n) is 9.48. The van der Waals surface area contributed by atoms with Gasteiger partial charge in [-0.15, -0.1) is 0 Å². The largest absolute Gasteiger partial charge is 0.385 e. The number of hydrogen-bond acceptors (Lipinski definition) is 2. The third kappa shape index (κ3) is 3.09. The van der Waals surface area contributed by atoms with Gasteiger partial charge in [-0.2, -0.15) is 0 Å². The molecule has 1 aromatic heterocycles. The van der Waals surface area contributed by atoms with E-state index in [9.17, 15) is 0 Å². The predicted octanol–water partition coefficient (Wildman–Crippen LogP) is 3.04. The summed E-state index contributed by atoms with van der Waals surface area (Å²) in [6.45, 7) is 3.04. The van der Waals surface area contributed by atoms with Crippen LogP contribution in [0.4, 0.5) is 5.69 Å². The summed E-state index contributed by atoms with van der Waals surface area (Å²) < 4.78 is 0. The van der Waals surface area contributed by atoms with Crippen LogP contribution in [0.1, 0.15) is 11.1 Å². The lowest BCUT2D eigenvalue weighted by molar-refractivity contribution is 1.00. The van der Waals surface area contributed by atoms with Crippen molar-refractivity contribution in [1.29, 1.82) is 0 Å². The van der Waals surface area contributed by atoms with Crippen molar-refractivity contribution in [2.75, 3.05) is 11.9 Å². The predicted molar refractivity (Wildman–Crippen MR) is 67.6 cm³/mol. The SMILES string of the molecule is Cc1ccc(NCCc2cccnc2)cc1. The molecule has 0 bridgehead atoms. The van der Waals surface area contributed by atoms with Crippen LogP contribution in [-0.4, -0.2) is 11.5 Å². The number of anilines is 1. The van der Waals surface area contributed by atoms with Gasteiger partial charge in [0.25, 0.3) is 0 Å². The maximum Gasteiger partial charge on any atom is 0.0340 e. The van der Waals surface area contributed by atoms with E-state index in [1.54, 1.807) is 6.20 Å². The van der Waals surface area contributed by atoms with Crippen LogP contribution in [0.25, 0.3) is 0 Å². The van der Waals surface area contributed by atoms with Crippen molar-refractivity contribution in [3.8, 4) is 0 Å². The summed E-state index contributed by atoms with van der Waals surface area (Å²) in [4.78, 5) is 4.09. The molecule has 2 nitrogen and oxygen atoms in total. The lowest BCUT2D eigenvalue weighted by Crippen LogP contribution is -2.04. The van der Waals surface area contributed by atoms with Gasteiger partial charge in [0.15, 0.2) is 0 Å². The van der Waals surface area contributed by atoms with Crippen LogP contribution in [0.5, 0.6) is 0 Å². The first kappa shape index (κ1) is 10.7. The van der Waals surface area contributed by atoms with Gasteiger partial charge < -0.3 is 5.32 Å². The molecule has 0 atom stereocenters. The highest BCUT2D eigenvalue weighted by molar-refractivity contribution is 5.44. The minimum Gasteiger partial charge on any atom is -0.385 e. The average molecular weight is 212 g/mol. The summed E-state index contributed by atoms with van der Waals surface area (Å²) in [7, 11) is 0.